The van der Waals surface area contributed by atoms with Gasteiger partial charge in [0.2, 0.25) is 11.8 Å². The second-order valence-corrected chi connectivity index (χ2v) is 5.34. The standard InChI is InChI=1S/C15H20N2O2/c1-11(2)10-17-9-8-13(18)16-14(15(17)19)12-6-4-3-5-7-12/h3-7,11,14H,8-10H2,1-2H3,(H,16,18). The summed E-state index contributed by atoms with van der Waals surface area (Å²) >= 11 is 0. The van der Waals surface area contributed by atoms with Crippen LogP contribution < -0.4 is 5.32 Å². The van der Waals surface area contributed by atoms with Crippen molar-refractivity contribution < 1.29 is 9.59 Å². The number of nitrogens with zero attached hydrogens (tertiary/aromatic N) is 1. The Hall–Kier alpha value is -1.84. The van der Waals surface area contributed by atoms with Gasteiger partial charge in [0.1, 0.15) is 6.04 Å². The molecule has 19 heavy (non-hydrogen) atoms. The Labute approximate surface area is 113 Å². The van der Waals surface area contributed by atoms with Gasteiger partial charge in [0.25, 0.3) is 0 Å². The minimum absolute atomic E-state index is 0.00856. The third kappa shape index (κ3) is 3.34. The molecule has 102 valence electrons. The molecule has 2 amide bonds. The van der Waals surface area contributed by atoms with E-state index in [9.17, 15) is 9.59 Å². The normalized spacial score (nSPS) is 20.4. The second kappa shape index (κ2) is 5.87. The van der Waals surface area contributed by atoms with Crippen LogP contribution in [0.5, 0.6) is 0 Å². The summed E-state index contributed by atoms with van der Waals surface area (Å²) in [6, 6.07) is 8.87. The van der Waals surface area contributed by atoms with Crippen LogP contribution in [0.1, 0.15) is 31.9 Å². The molecule has 1 aliphatic rings. The first-order valence-electron chi connectivity index (χ1n) is 6.71. The molecular formula is C15H20N2O2. The summed E-state index contributed by atoms with van der Waals surface area (Å²) in [6.07, 6.45) is 0.377. The van der Waals surface area contributed by atoms with Crippen molar-refractivity contribution in [2.24, 2.45) is 5.92 Å². The number of rotatable bonds is 3. The predicted molar refractivity (Wildman–Crippen MR) is 73.4 cm³/mol. The van der Waals surface area contributed by atoms with E-state index in [1.807, 2.05) is 30.3 Å². The summed E-state index contributed by atoms with van der Waals surface area (Å²) in [7, 11) is 0. The Kier molecular flexibility index (Phi) is 4.20. The molecule has 0 spiro atoms. The molecule has 0 saturated carbocycles. The molecule has 4 nitrogen and oxygen atoms in total. The van der Waals surface area contributed by atoms with E-state index in [0.29, 0.717) is 25.4 Å². The summed E-state index contributed by atoms with van der Waals surface area (Å²) in [5, 5.41) is 2.82. The molecule has 1 unspecified atom stereocenters. The average Bonchev–Trinajstić information content (AvgIpc) is 2.52. The highest BCUT2D eigenvalue weighted by Gasteiger charge is 2.30. The summed E-state index contributed by atoms with van der Waals surface area (Å²) in [4.78, 5) is 26.1. The van der Waals surface area contributed by atoms with Gasteiger partial charge < -0.3 is 10.2 Å². The third-order valence-electron chi connectivity index (χ3n) is 3.19. The summed E-state index contributed by atoms with van der Waals surface area (Å²) in [6.45, 7) is 5.35. The summed E-state index contributed by atoms with van der Waals surface area (Å²) in [5.41, 5.74) is 0.844. The van der Waals surface area contributed by atoms with Crippen LogP contribution in [0, 0.1) is 5.92 Å². The van der Waals surface area contributed by atoms with Gasteiger partial charge in [-0.3, -0.25) is 9.59 Å². The first-order chi connectivity index (χ1) is 9.08. The Balaban J connectivity index is 2.25. The van der Waals surface area contributed by atoms with E-state index >= 15 is 0 Å². The van der Waals surface area contributed by atoms with Crippen LogP contribution in [-0.4, -0.2) is 29.8 Å². The first-order valence-corrected chi connectivity index (χ1v) is 6.71. The quantitative estimate of drug-likeness (QED) is 0.900. The molecule has 1 atom stereocenters. The maximum absolute atomic E-state index is 12.5. The number of nitrogens with one attached hydrogen (secondary N) is 1. The van der Waals surface area contributed by atoms with Crippen molar-refractivity contribution >= 4 is 11.8 Å². The van der Waals surface area contributed by atoms with Crippen LogP contribution in [-0.2, 0) is 9.59 Å². The summed E-state index contributed by atoms with van der Waals surface area (Å²) in [5.74, 6) is 0.327. The van der Waals surface area contributed by atoms with Crippen LogP contribution in [0.4, 0.5) is 0 Å². The highest BCUT2D eigenvalue weighted by Crippen LogP contribution is 2.19. The molecule has 1 saturated heterocycles. The Bertz CT molecular complexity index is 456. The van der Waals surface area contributed by atoms with E-state index in [4.69, 9.17) is 0 Å². The fraction of sp³-hybridized carbons (Fsp3) is 0.467. The smallest absolute Gasteiger partial charge is 0.249 e. The van der Waals surface area contributed by atoms with Crippen molar-refractivity contribution in [1.82, 2.24) is 10.2 Å². The molecule has 1 aromatic rings. The molecule has 0 aromatic heterocycles. The van der Waals surface area contributed by atoms with E-state index in [0.717, 1.165) is 5.56 Å². The fourth-order valence-corrected chi connectivity index (χ4v) is 2.32. The Morgan fingerprint density at radius 1 is 1.26 bits per heavy atom. The number of hydrogen-bond acceptors (Lipinski definition) is 2. The van der Waals surface area contributed by atoms with Crippen molar-refractivity contribution in [2.45, 2.75) is 26.3 Å². The maximum Gasteiger partial charge on any atom is 0.249 e. The van der Waals surface area contributed by atoms with Gasteiger partial charge in [-0.1, -0.05) is 44.2 Å². The lowest BCUT2D eigenvalue weighted by molar-refractivity contribution is -0.134. The van der Waals surface area contributed by atoms with Crippen LogP contribution in [0.25, 0.3) is 0 Å². The first kappa shape index (κ1) is 13.6. The van der Waals surface area contributed by atoms with E-state index in [1.165, 1.54) is 0 Å². The number of carbonyl (C=O) groups is 2. The van der Waals surface area contributed by atoms with Crippen molar-refractivity contribution in [3.8, 4) is 0 Å². The molecule has 4 heteroatoms. The maximum atomic E-state index is 12.5. The average molecular weight is 260 g/mol. The van der Waals surface area contributed by atoms with Gasteiger partial charge in [0.05, 0.1) is 0 Å². The second-order valence-electron chi connectivity index (χ2n) is 5.34. The third-order valence-corrected chi connectivity index (χ3v) is 3.19. The lowest BCUT2D eigenvalue weighted by Crippen LogP contribution is -2.40. The van der Waals surface area contributed by atoms with Crippen LogP contribution >= 0.6 is 0 Å². The van der Waals surface area contributed by atoms with E-state index < -0.39 is 6.04 Å². The molecule has 1 fully saturated rings. The van der Waals surface area contributed by atoms with Gasteiger partial charge >= 0.3 is 0 Å². The zero-order valence-corrected chi connectivity index (χ0v) is 11.4. The molecule has 1 aliphatic heterocycles. The van der Waals surface area contributed by atoms with Crippen molar-refractivity contribution in [2.75, 3.05) is 13.1 Å². The molecule has 0 bridgehead atoms. The predicted octanol–water partition coefficient (Wildman–Crippen LogP) is 1.73. The fourth-order valence-electron chi connectivity index (χ4n) is 2.32. The van der Waals surface area contributed by atoms with Crippen molar-refractivity contribution in [3.63, 3.8) is 0 Å². The molecular weight excluding hydrogens is 240 g/mol. The van der Waals surface area contributed by atoms with E-state index in [2.05, 4.69) is 19.2 Å². The minimum atomic E-state index is -0.546. The van der Waals surface area contributed by atoms with Crippen LogP contribution in [0.3, 0.4) is 0 Å². The molecule has 0 radical (unpaired) electrons. The Morgan fingerprint density at radius 3 is 2.58 bits per heavy atom. The largest absolute Gasteiger partial charge is 0.340 e. The van der Waals surface area contributed by atoms with E-state index in [-0.39, 0.29) is 11.8 Å². The molecule has 1 heterocycles. The minimum Gasteiger partial charge on any atom is -0.340 e. The van der Waals surface area contributed by atoms with E-state index in [1.54, 1.807) is 4.90 Å². The van der Waals surface area contributed by atoms with Crippen molar-refractivity contribution in [1.29, 1.82) is 0 Å². The van der Waals surface area contributed by atoms with Gasteiger partial charge in [-0.05, 0) is 11.5 Å². The molecule has 1 N–H and O–H groups in total. The molecule has 2 rings (SSSR count). The zero-order valence-electron chi connectivity index (χ0n) is 11.4. The van der Waals surface area contributed by atoms with Gasteiger partial charge in [-0.2, -0.15) is 0 Å². The lowest BCUT2D eigenvalue weighted by Gasteiger charge is -2.25. The highest BCUT2D eigenvalue weighted by molar-refractivity contribution is 5.90. The number of hydrogen-bond donors (Lipinski definition) is 1. The van der Waals surface area contributed by atoms with Gasteiger partial charge in [-0.15, -0.1) is 0 Å². The highest BCUT2D eigenvalue weighted by atomic mass is 16.2. The SMILES string of the molecule is CC(C)CN1CCC(=O)NC(c2ccccc2)C1=O. The monoisotopic (exact) mass is 260 g/mol. The van der Waals surface area contributed by atoms with Gasteiger partial charge in [-0.25, -0.2) is 0 Å². The summed E-state index contributed by atoms with van der Waals surface area (Å²) < 4.78 is 0. The number of amides is 2. The lowest BCUT2D eigenvalue weighted by atomic mass is 10.1. The van der Waals surface area contributed by atoms with Crippen molar-refractivity contribution in [3.05, 3.63) is 35.9 Å². The molecule has 0 aliphatic carbocycles. The van der Waals surface area contributed by atoms with Crippen LogP contribution in [0.15, 0.2) is 30.3 Å². The number of benzene rings is 1. The Morgan fingerprint density at radius 2 is 1.95 bits per heavy atom. The molecule has 1 aromatic carbocycles. The van der Waals surface area contributed by atoms with Crippen LogP contribution in [0.2, 0.25) is 0 Å². The van der Waals surface area contributed by atoms with Gasteiger partial charge in [0.15, 0.2) is 0 Å². The topological polar surface area (TPSA) is 49.4 Å². The number of carbonyl (C=O) groups excluding carboxylic acids is 2. The van der Waals surface area contributed by atoms with Gasteiger partial charge in [0, 0.05) is 19.5 Å². The zero-order chi connectivity index (χ0) is 13.8.